The van der Waals surface area contributed by atoms with E-state index in [1.807, 2.05) is 0 Å². The van der Waals surface area contributed by atoms with Gasteiger partial charge in [-0.3, -0.25) is 9.29 Å². The predicted molar refractivity (Wildman–Crippen MR) is 95.8 cm³/mol. The Balaban J connectivity index is 2.40. The molecule has 0 spiro atoms. The zero-order valence-corrected chi connectivity index (χ0v) is 15.6. The molecule has 7 nitrogen and oxygen atoms in total. The number of hydrogen-bond donors (Lipinski definition) is 2. The number of nitrogens with one attached hydrogen (secondary N) is 1. The highest BCUT2D eigenvalue weighted by molar-refractivity contribution is 7.92. The minimum absolute atomic E-state index is 0.0856. The van der Waals surface area contributed by atoms with Gasteiger partial charge in [-0.1, -0.05) is 18.2 Å². The van der Waals surface area contributed by atoms with E-state index in [2.05, 4.69) is 4.72 Å². The monoisotopic (exact) mass is 385 g/mol. The van der Waals surface area contributed by atoms with Gasteiger partial charge >= 0.3 is 7.60 Å². The Morgan fingerprint density at radius 2 is 1.64 bits per heavy atom. The summed E-state index contributed by atoms with van der Waals surface area (Å²) in [5.41, 5.74) is 0.135. The number of anilines is 1. The van der Waals surface area contributed by atoms with Gasteiger partial charge in [-0.25, -0.2) is 8.42 Å². The fourth-order valence-corrected chi connectivity index (χ4v) is 4.89. The number of phenols is 1. The first-order valence-corrected chi connectivity index (χ1v) is 10.7. The third kappa shape index (κ3) is 4.61. The standard InChI is InChI=1S/C16H20NO6PS/c1-3-22-24(19,23-4-2)16-12-13(10-11-15(16)18)17-25(20,21)14-8-6-5-7-9-14/h5-12,17-18H,3-4H2,1-2H3. The maximum Gasteiger partial charge on any atom is 0.365 e. The van der Waals surface area contributed by atoms with E-state index in [1.54, 1.807) is 32.0 Å². The molecule has 0 radical (unpaired) electrons. The van der Waals surface area contributed by atoms with E-state index in [0.717, 1.165) is 0 Å². The first-order chi connectivity index (χ1) is 11.8. The van der Waals surface area contributed by atoms with Crippen molar-refractivity contribution in [3.05, 3.63) is 48.5 Å². The maximum atomic E-state index is 12.8. The third-order valence-electron chi connectivity index (χ3n) is 3.17. The van der Waals surface area contributed by atoms with Gasteiger partial charge < -0.3 is 14.2 Å². The molecule has 0 aliphatic rings. The van der Waals surface area contributed by atoms with Crippen LogP contribution in [0, 0.1) is 0 Å². The molecule has 0 aliphatic carbocycles. The van der Waals surface area contributed by atoms with Gasteiger partial charge in [0, 0.05) is 0 Å². The van der Waals surface area contributed by atoms with E-state index in [4.69, 9.17) is 9.05 Å². The molecule has 0 saturated carbocycles. The van der Waals surface area contributed by atoms with Crippen molar-refractivity contribution in [2.45, 2.75) is 18.7 Å². The summed E-state index contributed by atoms with van der Waals surface area (Å²) in [6.45, 7) is 3.50. The summed E-state index contributed by atoms with van der Waals surface area (Å²) in [5.74, 6) is -0.298. The van der Waals surface area contributed by atoms with Crippen LogP contribution in [0.3, 0.4) is 0 Å². The molecule has 25 heavy (non-hydrogen) atoms. The van der Waals surface area contributed by atoms with E-state index >= 15 is 0 Å². The number of hydrogen-bond acceptors (Lipinski definition) is 6. The van der Waals surface area contributed by atoms with Gasteiger partial charge in [0.25, 0.3) is 10.0 Å². The van der Waals surface area contributed by atoms with Gasteiger partial charge in [-0.15, -0.1) is 0 Å². The highest BCUT2D eigenvalue weighted by atomic mass is 32.2. The summed E-state index contributed by atoms with van der Waals surface area (Å²) in [6.07, 6.45) is 0. The van der Waals surface area contributed by atoms with E-state index in [-0.39, 0.29) is 34.9 Å². The van der Waals surface area contributed by atoms with Crippen LogP contribution in [-0.2, 0) is 23.6 Å². The molecule has 0 aromatic heterocycles. The van der Waals surface area contributed by atoms with E-state index in [9.17, 15) is 18.1 Å². The number of rotatable bonds is 8. The summed E-state index contributed by atoms with van der Waals surface area (Å²) in [7, 11) is -7.57. The van der Waals surface area contributed by atoms with Gasteiger partial charge in [-0.05, 0) is 44.2 Å². The van der Waals surface area contributed by atoms with Crippen LogP contribution in [0.25, 0.3) is 0 Å². The molecule has 2 aromatic carbocycles. The van der Waals surface area contributed by atoms with Crippen molar-refractivity contribution in [3.8, 4) is 5.75 Å². The predicted octanol–water partition coefficient (Wildman–Crippen LogP) is 3.08. The summed E-state index contributed by atoms with van der Waals surface area (Å²) >= 11 is 0. The lowest BCUT2D eigenvalue weighted by atomic mass is 10.3. The minimum Gasteiger partial charge on any atom is -0.507 e. The van der Waals surface area contributed by atoms with E-state index in [0.29, 0.717) is 0 Å². The summed E-state index contributed by atoms with van der Waals surface area (Å²) in [4.78, 5) is 0.0856. The van der Waals surface area contributed by atoms with E-state index in [1.165, 1.54) is 30.3 Å². The Morgan fingerprint density at radius 1 is 1.04 bits per heavy atom. The Morgan fingerprint density at radius 3 is 2.20 bits per heavy atom. The van der Waals surface area contributed by atoms with Crippen molar-refractivity contribution in [1.29, 1.82) is 0 Å². The molecule has 136 valence electrons. The van der Waals surface area contributed by atoms with Gasteiger partial charge in [0.15, 0.2) is 0 Å². The molecule has 2 rings (SSSR count). The van der Waals surface area contributed by atoms with Crippen molar-refractivity contribution in [2.24, 2.45) is 0 Å². The summed E-state index contributed by atoms with van der Waals surface area (Å²) in [5, 5.41) is 9.94. The lowest BCUT2D eigenvalue weighted by molar-refractivity contribution is 0.229. The molecule has 2 N–H and O–H groups in total. The molecule has 9 heteroatoms. The van der Waals surface area contributed by atoms with Crippen molar-refractivity contribution in [3.63, 3.8) is 0 Å². The fourth-order valence-electron chi connectivity index (χ4n) is 2.14. The smallest absolute Gasteiger partial charge is 0.365 e. The second kappa shape index (κ2) is 8.01. The molecule has 0 amide bonds. The molecule has 0 bridgehead atoms. The Labute approximate surface area is 147 Å². The van der Waals surface area contributed by atoms with Crippen LogP contribution in [0.4, 0.5) is 5.69 Å². The van der Waals surface area contributed by atoms with E-state index < -0.39 is 17.6 Å². The second-order valence-corrected chi connectivity index (χ2v) is 8.63. The Hall–Kier alpha value is -1.86. The van der Waals surface area contributed by atoms with Crippen LogP contribution in [0.5, 0.6) is 5.75 Å². The molecule has 2 aromatic rings. The zero-order valence-electron chi connectivity index (χ0n) is 13.9. The highest BCUT2D eigenvalue weighted by Crippen LogP contribution is 2.49. The van der Waals surface area contributed by atoms with Crippen molar-refractivity contribution < 1.29 is 27.1 Å². The maximum absolute atomic E-state index is 12.8. The largest absolute Gasteiger partial charge is 0.507 e. The van der Waals surface area contributed by atoms with Crippen LogP contribution in [0.2, 0.25) is 0 Å². The molecular weight excluding hydrogens is 365 g/mol. The quantitative estimate of drug-likeness (QED) is 0.535. The van der Waals surface area contributed by atoms with Crippen molar-refractivity contribution in [1.82, 2.24) is 0 Å². The zero-order chi connectivity index (χ0) is 18.5. The number of benzene rings is 2. The Kier molecular flexibility index (Phi) is 6.24. The summed E-state index contributed by atoms with van der Waals surface area (Å²) < 4.78 is 50.4. The van der Waals surface area contributed by atoms with Crippen molar-refractivity contribution in [2.75, 3.05) is 17.9 Å². The van der Waals surface area contributed by atoms with Crippen LogP contribution >= 0.6 is 7.60 Å². The number of phenolic OH excluding ortho intramolecular Hbond substituents is 1. The molecule has 0 atom stereocenters. The lowest BCUT2D eigenvalue weighted by Gasteiger charge is -2.19. The number of aromatic hydroxyl groups is 1. The van der Waals surface area contributed by atoms with Crippen LogP contribution in [-0.4, -0.2) is 26.7 Å². The second-order valence-electron chi connectivity index (χ2n) is 4.96. The molecule has 0 unspecified atom stereocenters. The third-order valence-corrected chi connectivity index (χ3v) is 6.72. The van der Waals surface area contributed by atoms with Gasteiger partial charge in [0.05, 0.1) is 23.8 Å². The fraction of sp³-hybridized carbons (Fsp3) is 0.250. The number of sulfonamides is 1. The van der Waals surface area contributed by atoms with Gasteiger partial charge in [0.1, 0.15) is 11.1 Å². The van der Waals surface area contributed by atoms with Crippen LogP contribution in [0.1, 0.15) is 13.8 Å². The average Bonchev–Trinajstić information content (AvgIpc) is 2.57. The highest BCUT2D eigenvalue weighted by Gasteiger charge is 2.30. The SMILES string of the molecule is CCOP(=O)(OCC)c1cc(NS(=O)(=O)c2ccccc2)ccc1O. The lowest BCUT2D eigenvalue weighted by Crippen LogP contribution is -2.16. The normalized spacial score (nSPS) is 12.1. The molecule has 0 heterocycles. The van der Waals surface area contributed by atoms with Gasteiger partial charge in [0.2, 0.25) is 0 Å². The van der Waals surface area contributed by atoms with Crippen LogP contribution < -0.4 is 10.0 Å². The summed E-state index contributed by atoms with van der Waals surface area (Å²) in [6, 6.07) is 11.7. The first-order valence-electron chi connectivity index (χ1n) is 7.63. The van der Waals surface area contributed by atoms with Crippen molar-refractivity contribution >= 4 is 28.6 Å². The minimum atomic E-state index is -3.82. The molecule has 0 fully saturated rings. The van der Waals surface area contributed by atoms with Crippen LogP contribution in [0.15, 0.2) is 53.4 Å². The topological polar surface area (TPSA) is 102 Å². The molecule has 0 aliphatic heterocycles. The Bertz CT molecular complexity index is 859. The molecular formula is C16H20NO6PS. The molecule has 0 saturated heterocycles. The van der Waals surface area contributed by atoms with Gasteiger partial charge in [-0.2, -0.15) is 0 Å². The average molecular weight is 385 g/mol. The first kappa shape index (κ1) is 19.5.